The van der Waals surface area contributed by atoms with Gasteiger partial charge in [0, 0.05) is 28.1 Å². The van der Waals surface area contributed by atoms with Gasteiger partial charge in [0.1, 0.15) is 5.58 Å². The lowest BCUT2D eigenvalue weighted by atomic mass is 9.68. The van der Waals surface area contributed by atoms with Crippen LogP contribution in [0, 0.1) is 23.2 Å². The molecular weight excluding hydrogens is 655 g/mol. The van der Waals surface area contributed by atoms with Gasteiger partial charge in [-0.15, -0.1) is 0 Å². The zero-order valence-corrected chi connectivity index (χ0v) is 30.6. The van der Waals surface area contributed by atoms with E-state index >= 15 is 0 Å². The number of allylic oxidation sites excluding steroid dienone is 8. The lowest BCUT2D eigenvalue weighted by molar-refractivity contribution is 0.215. The summed E-state index contributed by atoms with van der Waals surface area (Å²) in [6, 6.07) is 53.4. The molecule has 54 heavy (non-hydrogen) atoms. The average molecular weight is 696 g/mol. The third-order valence-corrected chi connectivity index (χ3v) is 13.2. The normalized spacial score (nSPS) is 21.3. The minimum absolute atomic E-state index is 0.121. The maximum absolute atomic E-state index is 6.78. The van der Waals surface area contributed by atoms with Gasteiger partial charge in [0.25, 0.3) is 0 Å². The SMILES string of the molecule is CC1(C)C2CC(N(c3ccc4c(c3)-c3ccccc3C4(c3ccccc3)c3ccccc3)c3cccc4c3oc3ccccc34)=CC=C2C2C=CC=C[C@@H]21. The predicted octanol–water partition coefficient (Wildman–Crippen LogP) is 13.3. The largest absolute Gasteiger partial charge is 0.454 e. The van der Waals surface area contributed by atoms with Crippen LogP contribution in [0.15, 0.2) is 198 Å². The molecule has 1 heterocycles. The number of benzene rings is 6. The fourth-order valence-electron chi connectivity index (χ4n) is 10.7. The third kappa shape index (κ3) is 4.28. The van der Waals surface area contributed by atoms with Gasteiger partial charge in [-0.1, -0.05) is 171 Å². The van der Waals surface area contributed by atoms with Gasteiger partial charge < -0.3 is 9.32 Å². The van der Waals surface area contributed by atoms with Crippen LogP contribution in [0.2, 0.25) is 0 Å². The highest BCUT2D eigenvalue weighted by Crippen LogP contribution is 2.61. The molecule has 0 spiro atoms. The summed E-state index contributed by atoms with van der Waals surface area (Å²) in [5, 5.41) is 2.29. The molecule has 4 aliphatic rings. The zero-order chi connectivity index (χ0) is 36.0. The molecule has 2 unspecified atom stereocenters. The molecule has 1 aromatic heterocycles. The van der Waals surface area contributed by atoms with Crippen molar-refractivity contribution in [3.8, 4) is 11.1 Å². The van der Waals surface area contributed by atoms with Crippen LogP contribution in [0.1, 0.15) is 42.5 Å². The second kappa shape index (κ2) is 11.7. The molecule has 6 aromatic carbocycles. The van der Waals surface area contributed by atoms with Gasteiger partial charge in [-0.05, 0) is 87.4 Å². The Morgan fingerprint density at radius 1 is 0.611 bits per heavy atom. The summed E-state index contributed by atoms with van der Waals surface area (Å²) in [5.41, 5.74) is 14.3. The Hall–Kier alpha value is -6.12. The maximum Gasteiger partial charge on any atom is 0.159 e. The molecule has 0 amide bonds. The fraction of sp³-hybridized carbons (Fsp3) is 0.154. The van der Waals surface area contributed by atoms with Gasteiger partial charge in [-0.25, -0.2) is 0 Å². The molecule has 4 aliphatic carbocycles. The van der Waals surface area contributed by atoms with E-state index in [9.17, 15) is 0 Å². The molecule has 1 fully saturated rings. The Labute approximate surface area is 317 Å². The monoisotopic (exact) mass is 695 g/mol. The minimum atomic E-state index is -0.441. The lowest BCUT2D eigenvalue weighted by Gasteiger charge is -2.37. The summed E-state index contributed by atoms with van der Waals surface area (Å²) < 4.78 is 6.78. The lowest BCUT2D eigenvalue weighted by Crippen LogP contribution is -2.29. The molecule has 0 aliphatic heterocycles. The molecule has 7 aromatic rings. The highest BCUT2D eigenvalue weighted by Gasteiger charge is 2.52. The van der Waals surface area contributed by atoms with Gasteiger partial charge in [-0.3, -0.25) is 0 Å². The second-order valence-corrected chi connectivity index (χ2v) is 16.1. The van der Waals surface area contributed by atoms with E-state index < -0.39 is 5.41 Å². The summed E-state index contributed by atoms with van der Waals surface area (Å²) in [6.07, 6.45) is 15.2. The molecule has 3 atom stereocenters. The quantitative estimate of drug-likeness (QED) is 0.178. The molecule has 11 rings (SSSR count). The van der Waals surface area contributed by atoms with E-state index in [-0.39, 0.29) is 5.41 Å². The molecule has 0 saturated heterocycles. The summed E-state index contributed by atoms with van der Waals surface area (Å²) in [4.78, 5) is 2.51. The van der Waals surface area contributed by atoms with Crippen LogP contribution >= 0.6 is 0 Å². The Morgan fingerprint density at radius 3 is 2.11 bits per heavy atom. The van der Waals surface area contributed by atoms with Crippen LogP contribution in [0.25, 0.3) is 33.1 Å². The Bertz CT molecular complexity index is 2700. The van der Waals surface area contributed by atoms with Crippen molar-refractivity contribution in [3.05, 3.63) is 216 Å². The number of rotatable bonds is 5. The molecular formula is C52H41NO. The van der Waals surface area contributed by atoms with Gasteiger partial charge in [0.2, 0.25) is 0 Å². The van der Waals surface area contributed by atoms with E-state index in [1.54, 1.807) is 5.57 Å². The number of furan rings is 1. The van der Waals surface area contributed by atoms with E-state index in [2.05, 4.69) is 201 Å². The van der Waals surface area contributed by atoms with E-state index in [1.165, 1.54) is 39.1 Å². The predicted molar refractivity (Wildman–Crippen MR) is 223 cm³/mol. The third-order valence-electron chi connectivity index (χ3n) is 13.2. The first-order valence-corrected chi connectivity index (χ1v) is 19.4. The van der Waals surface area contributed by atoms with E-state index in [1.807, 2.05) is 0 Å². The van der Waals surface area contributed by atoms with Crippen molar-refractivity contribution < 1.29 is 4.42 Å². The number of fused-ring (bicyclic) bond motifs is 9. The van der Waals surface area contributed by atoms with Crippen molar-refractivity contribution in [2.24, 2.45) is 23.2 Å². The fourth-order valence-corrected chi connectivity index (χ4v) is 10.7. The first-order valence-electron chi connectivity index (χ1n) is 19.4. The average Bonchev–Trinajstić information content (AvgIpc) is 3.83. The van der Waals surface area contributed by atoms with E-state index in [0.29, 0.717) is 17.8 Å². The number of anilines is 2. The number of hydrogen-bond acceptors (Lipinski definition) is 2. The van der Waals surface area contributed by atoms with E-state index in [4.69, 9.17) is 4.42 Å². The van der Waals surface area contributed by atoms with Crippen molar-refractivity contribution in [1.82, 2.24) is 0 Å². The maximum atomic E-state index is 6.78. The van der Waals surface area contributed by atoms with Gasteiger partial charge >= 0.3 is 0 Å². The molecule has 2 nitrogen and oxygen atoms in total. The van der Waals surface area contributed by atoms with Crippen LogP contribution in [-0.2, 0) is 5.41 Å². The van der Waals surface area contributed by atoms with Crippen molar-refractivity contribution in [1.29, 1.82) is 0 Å². The molecule has 0 bridgehead atoms. The molecule has 1 saturated carbocycles. The Kier molecular flexibility index (Phi) is 6.80. The van der Waals surface area contributed by atoms with Crippen molar-refractivity contribution >= 4 is 33.3 Å². The first kappa shape index (κ1) is 31.4. The Morgan fingerprint density at radius 2 is 1.30 bits per heavy atom. The molecule has 0 N–H and O–H groups in total. The molecule has 260 valence electrons. The number of hydrogen-bond donors (Lipinski definition) is 0. The van der Waals surface area contributed by atoms with Crippen LogP contribution in [0.5, 0.6) is 0 Å². The van der Waals surface area contributed by atoms with Crippen molar-refractivity contribution in [2.75, 3.05) is 4.90 Å². The minimum Gasteiger partial charge on any atom is -0.454 e. The summed E-state index contributed by atoms with van der Waals surface area (Å²) in [6.45, 7) is 4.96. The molecule has 0 radical (unpaired) electrons. The zero-order valence-electron chi connectivity index (χ0n) is 30.6. The number of nitrogens with zero attached hydrogens (tertiary/aromatic N) is 1. The summed E-state index contributed by atoms with van der Waals surface area (Å²) in [5.74, 6) is 1.39. The highest BCUT2D eigenvalue weighted by molar-refractivity contribution is 6.10. The Balaban J connectivity index is 1.15. The van der Waals surface area contributed by atoms with Crippen LogP contribution in [-0.4, -0.2) is 0 Å². The summed E-state index contributed by atoms with van der Waals surface area (Å²) >= 11 is 0. The summed E-state index contributed by atoms with van der Waals surface area (Å²) in [7, 11) is 0. The standard InChI is InChI=1S/C52H41NO/c1-51(2)44-24-12-9-20-38(44)40-30-28-37(33-47(40)51)53(48-26-15-23-42-41-22-11-14-27-49(41)54-50(42)48)36-29-31-46-43(32-36)39-21-10-13-25-45(39)52(46,34-16-5-3-6-17-34)35-18-7-4-8-19-35/h3-32,38,44,47H,33H2,1-2H3/t38?,44-,47?/m0/s1. The van der Waals surface area contributed by atoms with Gasteiger partial charge in [0.05, 0.1) is 11.1 Å². The molecule has 2 heteroatoms. The van der Waals surface area contributed by atoms with Crippen molar-refractivity contribution in [2.45, 2.75) is 25.7 Å². The van der Waals surface area contributed by atoms with Crippen molar-refractivity contribution in [3.63, 3.8) is 0 Å². The van der Waals surface area contributed by atoms with Crippen LogP contribution in [0.3, 0.4) is 0 Å². The van der Waals surface area contributed by atoms with Crippen LogP contribution in [0.4, 0.5) is 11.4 Å². The van der Waals surface area contributed by atoms with Crippen LogP contribution < -0.4 is 4.90 Å². The highest BCUT2D eigenvalue weighted by atomic mass is 16.3. The topological polar surface area (TPSA) is 16.4 Å². The first-order chi connectivity index (χ1) is 26.5. The number of para-hydroxylation sites is 2. The smallest absolute Gasteiger partial charge is 0.159 e. The van der Waals surface area contributed by atoms with Gasteiger partial charge in [-0.2, -0.15) is 0 Å². The second-order valence-electron chi connectivity index (χ2n) is 16.1. The van der Waals surface area contributed by atoms with Gasteiger partial charge in [0.15, 0.2) is 5.58 Å². The van der Waals surface area contributed by atoms with E-state index in [0.717, 1.165) is 39.7 Å².